The molecule has 2 aliphatic rings. The summed E-state index contributed by atoms with van der Waals surface area (Å²) in [7, 11) is 0. The van der Waals surface area contributed by atoms with Crippen LogP contribution >= 0.6 is 15.9 Å². The van der Waals surface area contributed by atoms with Crippen molar-refractivity contribution in [1.29, 1.82) is 0 Å². The van der Waals surface area contributed by atoms with E-state index in [-0.39, 0.29) is 11.4 Å². The van der Waals surface area contributed by atoms with Gasteiger partial charge in [0, 0.05) is 28.6 Å². The normalized spacial score (nSPS) is 23.7. The summed E-state index contributed by atoms with van der Waals surface area (Å²) in [5, 5.41) is 13.8. The number of rotatable bonds is 2. The van der Waals surface area contributed by atoms with Crippen molar-refractivity contribution in [3.63, 3.8) is 0 Å². The van der Waals surface area contributed by atoms with Crippen LogP contribution in [0.1, 0.15) is 24.9 Å². The Morgan fingerprint density at radius 3 is 2.85 bits per heavy atom. The summed E-state index contributed by atoms with van der Waals surface area (Å²) in [6.45, 7) is 1.70. The van der Waals surface area contributed by atoms with E-state index in [1.165, 1.54) is 35.2 Å². The average Bonchev–Trinajstić information content (AvgIpc) is 2.55. The Labute approximate surface area is 156 Å². The van der Waals surface area contributed by atoms with Gasteiger partial charge < -0.3 is 10.1 Å². The fourth-order valence-electron chi connectivity index (χ4n) is 3.50. The molecule has 2 atom stereocenters. The molecule has 2 amide bonds. The third-order valence-corrected chi connectivity index (χ3v) is 5.11. The largest absolute Gasteiger partial charge is 0.467 e. The first kappa shape index (κ1) is 16.8. The number of benzene rings is 2. The van der Waals surface area contributed by atoms with Crippen LogP contribution in [0.15, 0.2) is 40.9 Å². The Morgan fingerprint density at radius 1 is 1.38 bits per heavy atom. The number of hydrogen-bond donors (Lipinski definition) is 1. The minimum atomic E-state index is -1.12. The van der Waals surface area contributed by atoms with E-state index in [0.717, 1.165) is 0 Å². The molecule has 2 heterocycles. The molecule has 2 aromatic rings. The maximum absolute atomic E-state index is 14.5. The van der Waals surface area contributed by atoms with E-state index < -0.39 is 28.5 Å². The van der Waals surface area contributed by atoms with Gasteiger partial charge in [-0.1, -0.05) is 15.9 Å². The summed E-state index contributed by atoms with van der Waals surface area (Å²) < 4.78 is 21.0. The second-order valence-electron chi connectivity index (χ2n) is 6.39. The number of nitro groups is 1. The predicted octanol–water partition coefficient (Wildman–Crippen LogP) is 4.27. The van der Waals surface area contributed by atoms with Crippen molar-refractivity contribution in [2.24, 2.45) is 0 Å². The molecule has 2 bridgehead atoms. The highest BCUT2D eigenvalue weighted by atomic mass is 79.9. The van der Waals surface area contributed by atoms with Gasteiger partial charge in [-0.05, 0) is 31.2 Å². The number of carbonyl (C=O) groups is 1. The number of nitrogens with zero attached hydrogens (tertiary/aromatic N) is 2. The number of halogens is 2. The van der Waals surface area contributed by atoms with Crippen LogP contribution in [-0.4, -0.2) is 16.7 Å². The van der Waals surface area contributed by atoms with Gasteiger partial charge in [0.15, 0.2) is 5.72 Å². The second-order valence-corrected chi connectivity index (χ2v) is 7.31. The predicted molar refractivity (Wildman–Crippen MR) is 94.6 cm³/mol. The summed E-state index contributed by atoms with van der Waals surface area (Å²) >= 11 is 3.20. The van der Waals surface area contributed by atoms with Gasteiger partial charge >= 0.3 is 6.03 Å². The molecule has 1 N–H and O–H groups in total. The van der Waals surface area contributed by atoms with Crippen LogP contribution in [0.4, 0.5) is 20.6 Å². The van der Waals surface area contributed by atoms with Crippen LogP contribution in [0, 0.1) is 15.9 Å². The number of carbonyl (C=O) groups excluding carboxylic acids is 1. The standard InChI is InChI=1S/C17H13BrFN3O4/c1-17-8-13(11-7-10(22(24)25)3-5-15(11)26-17)20-16(23)21(17)14-4-2-9(18)6-12(14)19/h2-7,13H,8H2,1H3,(H,20,23). The minimum Gasteiger partial charge on any atom is -0.467 e. The number of fused-ring (bicyclic) bond motifs is 4. The Kier molecular flexibility index (Phi) is 3.65. The van der Waals surface area contributed by atoms with E-state index in [0.29, 0.717) is 22.2 Å². The van der Waals surface area contributed by atoms with Crippen molar-refractivity contribution in [1.82, 2.24) is 5.32 Å². The number of nitro benzene ring substituents is 1. The topological polar surface area (TPSA) is 84.7 Å². The van der Waals surface area contributed by atoms with E-state index in [1.54, 1.807) is 13.0 Å². The van der Waals surface area contributed by atoms with E-state index in [2.05, 4.69) is 21.2 Å². The van der Waals surface area contributed by atoms with E-state index in [4.69, 9.17) is 4.74 Å². The first-order valence-electron chi connectivity index (χ1n) is 7.82. The van der Waals surface area contributed by atoms with Crippen LogP contribution in [0.3, 0.4) is 0 Å². The van der Waals surface area contributed by atoms with Gasteiger partial charge in [0.2, 0.25) is 0 Å². The second kappa shape index (κ2) is 5.66. The van der Waals surface area contributed by atoms with E-state index in [1.807, 2.05) is 0 Å². The maximum atomic E-state index is 14.5. The fraction of sp³-hybridized carbons (Fsp3) is 0.235. The molecular weight excluding hydrogens is 409 g/mol. The van der Waals surface area contributed by atoms with Crippen LogP contribution in [-0.2, 0) is 0 Å². The molecular formula is C17H13BrFN3O4. The van der Waals surface area contributed by atoms with E-state index >= 15 is 0 Å². The lowest BCUT2D eigenvalue weighted by molar-refractivity contribution is -0.385. The Hall–Kier alpha value is -2.68. The van der Waals surface area contributed by atoms with Gasteiger partial charge in [0.05, 0.1) is 16.7 Å². The zero-order valence-electron chi connectivity index (χ0n) is 13.5. The van der Waals surface area contributed by atoms with Gasteiger partial charge in [-0.25, -0.2) is 9.18 Å². The van der Waals surface area contributed by atoms with Gasteiger partial charge in [-0.2, -0.15) is 0 Å². The number of anilines is 1. The molecule has 0 aliphatic carbocycles. The summed E-state index contributed by atoms with van der Waals surface area (Å²) in [6, 6.07) is 7.68. The number of hydrogen-bond acceptors (Lipinski definition) is 4. The summed E-state index contributed by atoms with van der Waals surface area (Å²) in [6.07, 6.45) is 0.322. The molecule has 2 aliphatic heterocycles. The lowest BCUT2D eigenvalue weighted by atomic mass is 9.90. The van der Waals surface area contributed by atoms with Gasteiger partial charge in [-0.15, -0.1) is 0 Å². The third kappa shape index (κ3) is 2.50. The van der Waals surface area contributed by atoms with Crippen molar-refractivity contribution in [3.8, 4) is 5.75 Å². The molecule has 4 rings (SSSR count). The lowest BCUT2D eigenvalue weighted by Gasteiger charge is -2.50. The first-order valence-corrected chi connectivity index (χ1v) is 8.61. The minimum absolute atomic E-state index is 0.0772. The molecule has 0 spiro atoms. The van der Waals surface area contributed by atoms with Crippen molar-refractivity contribution in [2.45, 2.75) is 25.1 Å². The number of amides is 2. The number of urea groups is 1. The lowest BCUT2D eigenvalue weighted by Crippen LogP contribution is -2.65. The molecule has 0 saturated carbocycles. The highest BCUT2D eigenvalue weighted by Crippen LogP contribution is 2.46. The number of nitrogens with one attached hydrogen (secondary N) is 1. The summed E-state index contributed by atoms with van der Waals surface area (Å²) in [5.41, 5.74) is -0.560. The molecule has 134 valence electrons. The van der Waals surface area contributed by atoms with Crippen LogP contribution in [0.2, 0.25) is 0 Å². The quantitative estimate of drug-likeness (QED) is 0.579. The van der Waals surface area contributed by atoms with Crippen LogP contribution in [0.5, 0.6) is 5.75 Å². The van der Waals surface area contributed by atoms with Crippen molar-refractivity contribution >= 4 is 33.3 Å². The molecule has 2 aromatic carbocycles. The Morgan fingerprint density at radius 2 is 2.15 bits per heavy atom. The molecule has 26 heavy (non-hydrogen) atoms. The van der Waals surface area contributed by atoms with E-state index in [9.17, 15) is 19.3 Å². The zero-order chi connectivity index (χ0) is 18.6. The van der Waals surface area contributed by atoms with Gasteiger partial charge in [0.1, 0.15) is 11.6 Å². The highest BCUT2D eigenvalue weighted by Gasteiger charge is 2.50. The molecule has 1 saturated heterocycles. The maximum Gasteiger partial charge on any atom is 0.325 e. The molecule has 7 nitrogen and oxygen atoms in total. The molecule has 0 radical (unpaired) electrons. The van der Waals surface area contributed by atoms with Gasteiger partial charge in [0.25, 0.3) is 5.69 Å². The fourth-order valence-corrected chi connectivity index (χ4v) is 3.84. The van der Waals surface area contributed by atoms with Crippen molar-refractivity contribution in [3.05, 3.63) is 62.4 Å². The first-order chi connectivity index (χ1) is 12.3. The summed E-state index contributed by atoms with van der Waals surface area (Å²) in [5.74, 6) is -0.135. The number of ether oxygens (including phenoxy) is 1. The van der Waals surface area contributed by atoms with Crippen molar-refractivity contribution in [2.75, 3.05) is 4.90 Å². The van der Waals surface area contributed by atoms with Gasteiger partial charge in [-0.3, -0.25) is 15.0 Å². The molecule has 0 aromatic heterocycles. The number of non-ortho nitro benzene ring substituents is 1. The Bertz CT molecular complexity index is 954. The van der Waals surface area contributed by atoms with Crippen LogP contribution in [0.25, 0.3) is 0 Å². The zero-order valence-corrected chi connectivity index (χ0v) is 15.1. The average molecular weight is 422 g/mol. The SMILES string of the molecule is CC12CC(NC(=O)N1c1ccc(Br)cc1F)c1cc([N+](=O)[O-])ccc1O2. The van der Waals surface area contributed by atoms with Crippen molar-refractivity contribution < 1.29 is 18.8 Å². The third-order valence-electron chi connectivity index (χ3n) is 4.62. The molecule has 9 heteroatoms. The monoisotopic (exact) mass is 421 g/mol. The Balaban J connectivity index is 1.79. The van der Waals surface area contributed by atoms with Crippen LogP contribution < -0.4 is 15.0 Å². The smallest absolute Gasteiger partial charge is 0.325 e. The summed E-state index contributed by atoms with van der Waals surface area (Å²) in [4.78, 5) is 24.5. The molecule has 2 unspecified atom stereocenters. The molecule has 1 fully saturated rings. The highest BCUT2D eigenvalue weighted by molar-refractivity contribution is 9.10.